The second-order valence-electron chi connectivity index (χ2n) is 6.26. The second kappa shape index (κ2) is 7.84. The highest BCUT2D eigenvalue weighted by Crippen LogP contribution is 2.38. The van der Waals surface area contributed by atoms with Gasteiger partial charge < -0.3 is 4.74 Å². The van der Waals surface area contributed by atoms with Crippen molar-refractivity contribution in [3.63, 3.8) is 0 Å². The first-order valence-electron chi connectivity index (χ1n) is 8.76. The average Bonchev–Trinajstić information content (AvgIpc) is 2.66. The number of benzene rings is 3. The Labute approximate surface area is 153 Å². The minimum Gasteiger partial charge on any atom is -0.465 e. The molecule has 0 radical (unpaired) electrons. The zero-order chi connectivity index (χ0) is 18.5. The van der Waals surface area contributed by atoms with E-state index in [2.05, 4.69) is 6.07 Å². The summed E-state index contributed by atoms with van der Waals surface area (Å²) in [5.74, 6) is -1.76. The first-order chi connectivity index (χ1) is 12.7. The number of carbonyl (C=O) groups excluding carboxylic acids is 1. The maximum atomic E-state index is 12.6. The zero-order valence-electron chi connectivity index (χ0n) is 15.0. The first-order valence-corrected chi connectivity index (χ1v) is 8.76. The highest BCUT2D eigenvalue weighted by molar-refractivity contribution is 5.88. The van der Waals surface area contributed by atoms with Crippen molar-refractivity contribution in [3.05, 3.63) is 83.4 Å². The molecule has 0 amide bonds. The summed E-state index contributed by atoms with van der Waals surface area (Å²) < 4.78 is 5.21. The van der Waals surface area contributed by atoms with E-state index in [0.717, 1.165) is 27.5 Å². The molecule has 0 saturated carbocycles. The summed E-state index contributed by atoms with van der Waals surface area (Å²) in [6, 6.07) is 24.2. The van der Waals surface area contributed by atoms with E-state index in [1.807, 2.05) is 73.7 Å². The van der Waals surface area contributed by atoms with Gasteiger partial charge in [-0.3, -0.25) is 4.79 Å². The second-order valence-corrected chi connectivity index (χ2v) is 6.26. The number of ether oxygens (including phenoxy) is 1. The summed E-state index contributed by atoms with van der Waals surface area (Å²) in [7, 11) is 0. The molecule has 0 aliphatic heterocycles. The highest BCUT2D eigenvalue weighted by atomic mass is 16.5. The fourth-order valence-corrected chi connectivity index (χ4v) is 3.48. The summed E-state index contributed by atoms with van der Waals surface area (Å²) in [5.41, 5.74) is 3.00. The number of fused-ring (bicyclic) bond motifs is 1. The fourth-order valence-electron chi connectivity index (χ4n) is 3.48. The Bertz CT molecular complexity index is 966. The average molecular weight is 343 g/mol. The van der Waals surface area contributed by atoms with Crippen molar-refractivity contribution in [2.45, 2.75) is 19.8 Å². The maximum Gasteiger partial charge on any atom is 0.324 e. The van der Waals surface area contributed by atoms with Crippen molar-refractivity contribution in [3.8, 4) is 6.07 Å². The van der Waals surface area contributed by atoms with Gasteiger partial charge in [-0.2, -0.15) is 5.26 Å². The number of carbonyl (C=O) groups is 1. The zero-order valence-corrected chi connectivity index (χ0v) is 15.0. The first kappa shape index (κ1) is 17.7. The SMILES string of the molecule is CCOC(=O)C(C#N)C(c1ccccc1C)c1cccc2ccccc12. The normalized spacial score (nSPS) is 13.0. The lowest BCUT2D eigenvalue weighted by Gasteiger charge is -2.25. The predicted molar refractivity (Wildman–Crippen MR) is 103 cm³/mol. The Morgan fingerprint density at radius 3 is 2.38 bits per heavy atom. The summed E-state index contributed by atoms with van der Waals surface area (Å²) in [4.78, 5) is 12.6. The lowest BCUT2D eigenvalue weighted by atomic mass is 9.78. The molecular formula is C23H21NO2. The summed E-state index contributed by atoms with van der Waals surface area (Å²) >= 11 is 0. The lowest BCUT2D eigenvalue weighted by molar-refractivity contribution is -0.146. The Hall–Kier alpha value is -3.12. The van der Waals surface area contributed by atoms with Crippen LogP contribution in [-0.4, -0.2) is 12.6 Å². The number of nitrogens with zero attached hydrogens (tertiary/aromatic N) is 1. The topological polar surface area (TPSA) is 50.1 Å². The van der Waals surface area contributed by atoms with Crippen LogP contribution < -0.4 is 0 Å². The molecule has 0 aromatic heterocycles. The van der Waals surface area contributed by atoms with Gasteiger partial charge in [-0.1, -0.05) is 66.7 Å². The van der Waals surface area contributed by atoms with E-state index in [1.54, 1.807) is 6.92 Å². The van der Waals surface area contributed by atoms with Crippen molar-refractivity contribution in [1.29, 1.82) is 5.26 Å². The van der Waals surface area contributed by atoms with Crippen molar-refractivity contribution < 1.29 is 9.53 Å². The molecule has 0 fully saturated rings. The van der Waals surface area contributed by atoms with Crippen LogP contribution in [0.3, 0.4) is 0 Å². The van der Waals surface area contributed by atoms with Crippen LogP contribution in [0.15, 0.2) is 66.7 Å². The van der Waals surface area contributed by atoms with Crippen LogP contribution in [0.4, 0.5) is 0 Å². The maximum absolute atomic E-state index is 12.6. The molecule has 2 unspecified atom stereocenters. The Balaban J connectivity index is 2.25. The minimum atomic E-state index is -0.901. The summed E-state index contributed by atoms with van der Waals surface area (Å²) in [6.45, 7) is 4.02. The number of esters is 1. The van der Waals surface area contributed by atoms with E-state index >= 15 is 0 Å². The molecule has 0 N–H and O–H groups in total. The molecule has 0 saturated heterocycles. The largest absolute Gasteiger partial charge is 0.465 e. The van der Waals surface area contributed by atoms with E-state index in [1.165, 1.54) is 0 Å². The molecule has 26 heavy (non-hydrogen) atoms. The quantitative estimate of drug-likeness (QED) is 0.614. The van der Waals surface area contributed by atoms with Gasteiger partial charge in [0.15, 0.2) is 5.92 Å². The number of rotatable bonds is 5. The Morgan fingerprint density at radius 1 is 1.00 bits per heavy atom. The van der Waals surface area contributed by atoms with Crippen molar-refractivity contribution in [2.24, 2.45) is 5.92 Å². The van der Waals surface area contributed by atoms with Gasteiger partial charge in [0.2, 0.25) is 0 Å². The lowest BCUT2D eigenvalue weighted by Crippen LogP contribution is -2.25. The molecular weight excluding hydrogens is 322 g/mol. The molecule has 2 atom stereocenters. The van der Waals surface area contributed by atoms with Crippen molar-refractivity contribution in [2.75, 3.05) is 6.61 Å². The van der Waals surface area contributed by atoms with Gasteiger partial charge in [0.1, 0.15) is 0 Å². The molecule has 3 rings (SSSR count). The number of nitriles is 1. The van der Waals surface area contributed by atoms with E-state index in [-0.39, 0.29) is 12.5 Å². The van der Waals surface area contributed by atoms with Crippen LogP contribution in [0.5, 0.6) is 0 Å². The molecule has 3 aromatic rings. The van der Waals surface area contributed by atoms with Crippen LogP contribution in [0.2, 0.25) is 0 Å². The smallest absolute Gasteiger partial charge is 0.324 e. The molecule has 130 valence electrons. The number of hydrogen-bond acceptors (Lipinski definition) is 3. The van der Waals surface area contributed by atoms with Crippen molar-refractivity contribution >= 4 is 16.7 Å². The van der Waals surface area contributed by atoms with Crippen LogP contribution in [0.25, 0.3) is 10.8 Å². The molecule has 3 nitrogen and oxygen atoms in total. The molecule has 0 spiro atoms. The van der Waals surface area contributed by atoms with E-state index in [0.29, 0.717) is 0 Å². The van der Waals surface area contributed by atoms with Gasteiger partial charge in [-0.25, -0.2) is 0 Å². The van der Waals surface area contributed by atoms with Crippen LogP contribution in [0, 0.1) is 24.2 Å². The van der Waals surface area contributed by atoms with Crippen LogP contribution in [0.1, 0.15) is 29.5 Å². The monoisotopic (exact) mass is 343 g/mol. The highest BCUT2D eigenvalue weighted by Gasteiger charge is 2.34. The predicted octanol–water partition coefficient (Wildman–Crippen LogP) is 4.98. The molecule has 3 heteroatoms. The van der Waals surface area contributed by atoms with Gasteiger partial charge in [-0.05, 0) is 41.3 Å². The van der Waals surface area contributed by atoms with E-state index in [4.69, 9.17) is 4.74 Å². The fraction of sp³-hybridized carbons (Fsp3) is 0.217. The third-order valence-electron chi connectivity index (χ3n) is 4.69. The molecule has 0 heterocycles. The molecule has 0 aliphatic carbocycles. The molecule has 0 bridgehead atoms. The Morgan fingerprint density at radius 2 is 1.65 bits per heavy atom. The van der Waals surface area contributed by atoms with E-state index < -0.39 is 11.9 Å². The van der Waals surface area contributed by atoms with E-state index in [9.17, 15) is 10.1 Å². The third-order valence-corrected chi connectivity index (χ3v) is 4.69. The number of hydrogen-bond donors (Lipinski definition) is 0. The third kappa shape index (κ3) is 3.32. The van der Waals surface area contributed by atoms with Gasteiger partial charge >= 0.3 is 5.97 Å². The van der Waals surface area contributed by atoms with Gasteiger partial charge in [0.25, 0.3) is 0 Å². The van der Waals surface area contributed by atoms with Crippen LogP contribution >= 0.6 is 0 Å². The molecule has 3 aromatic carbocycles. The van der Waals surface area contributed by atoms with Crippen molar-refractivity contribution in [1.82, 2.24) is 0 Å². The van der Waals surface area contributed by atoms with Gasteiger partial charge in [-0.15, -0.1) is 0 Å². The minimum absolute atomic E-state index is 0.257. The number of aryl methyl sites for hydroxylation is 1. The van der Waals surface area contributed by atoms with Gasteiger partial charge in [0, 0.05) is 5.92 Å². The van der Waals surface area contributed by atoms with Gasteiger partial charge in [0.05, 0.1) is 12.7 Å². The summed E-state index contributed by atoms with van der Waals surface area (Å²) in [5, 5.41) is 12.0. The Kier molecular flexibility index (Phi) is 5.34. The molecule has 0 aliphatic rings. The summed E-state index contributed by atoms with van der Waals surface area (Å²) in [6.07, 6.45) is 0. The van der Waals surface area contributed by atoms with Crippen LogP contribution in [-0.2, 0) is 9.53 Å². The standard InChI is InChI=1S/C23H21NO2/c1-3-26-23(25)21(15-24)22(18-12-6-4-9-16(18)2)20-14-8-11-17-10-5-7-13-19(17)20/h4-14,21-22H,3H2,1-2H3.